The van der Waals surface area contributed by atoms with E-state index in [1.165, 1.54) is 0 Å². The fourth-order valence-corrected chi connectivity index (χ4v) is 0.497. The largest absolute Gasteiger partial charge is 0.384 e. The van der Waals surface area contributed by atoms with Crippen molar-refractivity contribution in [3.05, 3.63) is 0 Å². The van der Waals surface area contributed by atoms with Gasteiger partial charge in [-0.3, -0.25) is 4.99 Å². The third kappa shape index (κ3) is 3.92. The number of rotatable bonds is 2. The van der Waals surface area contributed by atoms with Crippen LogP contribution in [-0.2, 0) is 0 Å². The van der Waals surface area contributed by atoms with Gasteiger partial charge in [0.15, 0.2) is 0 Å². The molecule has 0 aliphatic rings. The molecular formula is C7H15DyNO. The Morgan fingerprint density at radius 1 is 1.60 bits per heavy atom. The molecule has 0 fully saturated rings. The Hall–Kier alpha value is 0.903. The predicted octanol–water partition coefficient (Wildman–Crippen LogP) is 1.24. The molecule has 0 aromatic heterocycles. The molecule has 0 aromatic rings. The second-order valence-electron chi connectivity index (χ2n) is 2.44. The Balaban J connectivity index is 0. The summed E-state index contributed by atoms with van der Waals surface area (Å²) in [5, 5.41) is 9.46. The first-order chi connectivity index (χ1) is 4.04. The molecule has 3 heteroatoms. The third-order valence-corrected chi connectivity index (χ3v) is 1.80. The van der Waals surface area contributed by atoms with Crippen LogP contribution in [0.1, 0.15) is 27.2 Å². The van der Waals surface area contributed by atoms with Crippen LogP contribution in [0, 0.1) is 38.2 Å². The van der Waals surface area contributed by atoms with Crippen molar-refractivity contribution in [3.8, 4) is 0 Å². The molecule has 64 valence electrons. The molecule has 1 N–H and O–H groups in total. The molecule has 0 saturated heterocycles. The van der Waals surface area contributed by atoms with Gasteiger partial charge < -0.3 is 5.11 Å². The summed E-state index contributed by atoms with van der Waals surface area (Å²) in [5.41, 5.74) is 0.0966. The zero-order valence-corrected chi connectivity index (χ0v) is 8.95. The molecule has 0 spiro atoms. The zero-order valence-electron chi connectivity index (χ0n) is 6.92. The molecule has 0 heterocycles. The van der Waals surface area contributed by atoms with Gasteiger partial charge in [0.25, 0.3) is 0 Å². The average Bonchev–Trinajstić information content (AvgIpc) is 1.86. The van der Waals surface area contributed by atoms with Crippen LogP contribution < -0.4 is 0 Å². The summed E-state index contributed by atoms with van der Waals surface area (Å²) < 4.78 is 0. The van der Waals surface area contributed by atoms with Crippen molar-refractivity contribution in [2.24, 2.45) is 4.99 Å². The first-order valence-corrected chi connectivity index (χ1v) is 3.21. The van der Waals surface area contributed by atoms with Gasteiger partial charge in [0.2, 0.25) is 0 Å². The molecule has 0 bridgehead atoms. The Morgan fingerprint density at radius 3 is 2.10 bits per heavy atom. The third-order valence-electron chi connectivity index (χ3n) is 1.80. The summed E-state index contributed by atoms with van der Waals surface area (Å²) in [6, 6.07) is 0. The molecule has 0 aromatic carbocycles. The van der Waals surface area contributed by atoms with Crippen molar-refractivity contribution in [1.29, 1.82) is 0 Å². The van der Waals surface area contributed by atoms with Crippen LogP contribution in [0.15, 0.2) is 4.99 Å². The van der Waals surface area contributed by atoms with Gasteiger partial charge in [-0.15, -0.1) is 0 Å². The maximum absolute atomic E-state index is 9.46. The van der Waals surface area contributed by atoms with Crippen molar-refractivity contribution < 1.29 is 43.3 Å². The number of aliphatic imine (C=N–C) groups is 1. The van der Waals surface area contributed by atoms with Gasteiger partial charge in [-0.2, -0.15) is 0 Å². The molecule has 0 amide bonds. The van der Waals surface area contributed by atoms with E-state index < -0.39 is 5.60 Å². The molecule has 1 atom stereocenters. The van der Waals surface area contributed by atoms with Crippen LogP contribution in [0.25, 0.3) is 0 Å². The van der Waals surface area contributed by atoms with Crippen LogP contribution in [0.2, 0.25) is 0 Å². The molecule has 0 radical (unpaired) electrons. The summed E-state index contributed by atoms with van der Waals surface area (Å²) in [7, 11) is 1.69. The normalized spacial score (nSPS) is 17.5. The summed E-state index contributed by atoms with van der Waals surface area (Å²) in [6.45, 7) is 5.55. The minimum Gasteiger partial charge on any atom is -0.384 e. The molecule has 0 aliphatic carbocycles. The Labute approximate surface area is 93.1 Å². The second-order valence-corrected chi connectivity index (χ2v) is 2.44. The van der Waals surface area contributed by atoms with E-state index in [-0.39, 0.29) is 38.2 Å². The van der Waals surface area contributed by atoms with Crippen molar-refractivity contribution in [1.82, 2.24) is 0 Å². The average molecular weight is 292 g/mol. The number of hydrogen-bond acceptors (Lipinski definition) is 2. The van der Waals surface area contributed by atoms with Crippen LogP contribution in [0.5, 0.6) is 0 Å². The fourth-order valence-electron chi connectivity index (χ4n) is 0.497. The zero-order chi connectivity index (χ0) is 7.49. The predicted molar refractivity (Wildman–Crippen MR) is 39.9 cm³/mol. The SMILES string of the molecule is CCC(C)(O)C(C)=NC.[Dy]. The van der Waals surface area contributed by atoms with E-state index in [1.807, 2.05) is 13.8 Å². The summed E-state index contributed by atoms with van der Waals surface area (Å²) in [5.74, 6) is 0. The maximum Gasteiger partial charge on any atom is 0.0988 e. The van der Waals surface area contributed by atoms with E-state index in [9.17, 15) is 5.11 Å². The summed E-state index contributed by atoms with van der Waals surface area (Å²) in [4.78, 5) is 3.90. The van der Waals surface area contributed by atoms with Gasteiger partial charge in [-0.25, -0.2) is 0 Å². The molecule has 10 heavy (non-hydrogen) atoms. The molecule has 2 nitrogen and oxygen atoms in total. The van der Waals surface area contributed by atoms with E-state index in [2.05, 4.69) is 4.99 Å². The molecule has 1 unspecified atom stereocenters. The van der Waals surface area contributed by atoms with Crippen LogP contribution >= 0.6 is 0 Å². The Kier molecular flexibility index (Phi) is 7.47. The summed E-state index contributed by atoms with van der Waals surface area (Å²) >= 11 is 0. The molecular weight excluding hydrogens is 277 g/mol. The smallest absolute Gasteiger partial charge is 0.0988 e. The standard InChI is InChI=1S/C7H15NO.Dy/c1-5-7(3,9)6(2)8-4;/h9H,5H2,1-4H3;. The molecule has 0 aliphatic heterocycles. The van der Waals surface area contributed by atoms with Gasteiger partial charge >= 0.3 is 0 Å². The Morgan fingerprint density at radius 2 is 2.00 bits per heavy atom. The van der Waals surface area contributed by atoms with Crippen molar-refractivity contribution in [2.45, 2.75) is 32.8 Å². The number of hydrogen-bond donors (Lipinski definition) is 1. The molecule has 0 saturated carbocycles. The van der Waals surface area contributed by atoms with E-state index in [1.54, 1.807) is 14.0 Å². The fraction of sp³-hybridized carbons (Fsp3) is 0.857. The monoisotopic (exact) mass is 293 g/mol. The minimum absolute atomic E-state index is 0. The number of aliphatic hydroxyl groups is 1. The van der Waals surface area contributed by atoms with Crippen molar-refractivity contribution in [2.75, 3.05) is 7.05 Å². The van der Waals surface area contributed by atoms with E-state index in [4.69, 9.17) is 0 Å². The quantitative estimate of drug-likeness (QED) is 0.763. The molecule has 0 rings (SSSR count). The second kappa shape index (κ2) is 5.54. The van der Waals surface area contributed by atoms with Crippen LogP contribution in [0.3, 0.4) is 0 Å². The minimum atomic E-state index is -0.700. The van der Waals surface area contributed by atoms with Crippen LogP contribution in [0.4, 0.5) is 0 Å². The van der Waals surface area contributed by atoms with Crippen molar-refractivity contribution in [3.63, 3.8) is 0 Å². The van der Waals surface area contributed by atoms with Gasteiger partial charge in [0.1, 0.15) is 0 Å². The van der Waals surface area contributed by atoms with Gasteiger partial charge in [0, 0.05) is 50.9 Å². The Bertz CT molecular complexity index is 121. The summed E-state index contributed by atoms with van der Waals surface area (Å²) in [6.07, 6.45) is 0.718. The van der Waals surface area contributed by atoms with E-state index in [0.29, 0.717) is 0 Å². The van der Waals surface area contributed by atoms with Crippen LogP contribution in [-0.4, -0.2) is 23.5 Å². The first kappa shape index (κ1) is 13.5. The first-order valence-electron chi connectivity index (χ1n) is 3.21. The van der Waals surface area contributed by atoms with Gasteiger partial charge in [0.05, 0.1) is 5.60 Å². The topological polar surface area (TPSA) is 32.6 Å². The van der Waals surface area contributed by atoms with E-state index >= 15 is 0 Å². The van der Waals surface area contributed by atoms with Gasteiger partial charge in [-0.05, 0) is 20.3 Å². The van der Waals surface area contributed by atoms with E-state index in [0.717, 1.165) is 12.1 Å². The van der Waals surface area contributed by atoms with Crippen molar-refractivity contribution >= 4 is 5.71 Å². The maximum atomic E-state index is 9.46. The van der Waals surface area contributed by atoms with Gasteiger partial charge in [-0.1, -0.05) is 6.92 Å². The number of nitrogens with zero attached hydrogens (tertiary/aromatic N) is 1.